The zero-order valence-electron chi connectivity index (χ0n) is 10.7. The van der Waals surface area contributed by atoms with Crippen LogP contribution in [0.2, 0.25) is 0 Å². The molecule has 1 N–H and O–H groups in total. The first-order chi connectivity index (χ1) is 8.59. The monoisotopic (exact) mass is 252 g/mol. The molecule has 0 aliphatic rings. The fourth-order valence-corrected chi connectivity index (χ4v) is 2.08. The van der Waals surface area contributed by atoms with Crippen LogP contribution in [-0.2, 0) is 6.54 Å². The van der Waals surface area contributed by atoms with Crippen LogP contribution in [0.1, 0.15) is 26.0 Å². The van der Waals surface area contributed by atoms with Crippen LogP contribution in [0.25, 0.3) is 10.9 Å². The topological polar surface area (TPSA) is 17.0 Å². The van der Waals surface area contributed by atoms with E-state index in [4.69, 9.17) is 0 Å². The highest BCUT2D eigenvalue weighted by Gasteiger charge is 2.13. The van der Waals surface area contributed by atoms with Gasteiger partial charge >= 0.3 is 6.55 Å². The molecule has 0 fully saturated rings. The van der Waals surface area contributed by atoms with Crippen molar-refractivity contribution in [2.45, 2.75) is 26.9 Å². The second-order valence-corrected chi connectivity index (χ2v) is 4.88. The van der Waals surface area contributed by atoms with E-state index >= 15 is 0 Å². The van der Waals surface area contributed by atoms with Gasteiger partial charge in [-0.25, -0.2) is 0 Å². The first-order valence-electron chi connectivity index (χ1n) is 6.17. The van der Waals surface area contributed by atoms with E-state index in [-0.39, 0.29) is 0 Å². The summed E-state index contributed by atoms with van der Waals surface area (Å²) in [7, 11) is 0. The molecule has 1 aromatic carbocycles. The Hall–Kier alpha value is -1.42. The third kappa shape index (κ3) is 2.70. The van der Waals surface area contributed by atoms with E-state index in [0.717, 1.165) is 22.1 Å². The first kappa shape index (κ1) is 13.0. The Morgan fingerprint density at radius 2 is 1.94 bits per heavy atom. The molecular weight excluding hydrogens is 234 g/mol. The van der Waals surface area contributed by atoms with Gasteiger partial charge < -0.3 is 5.32 Å². The van der Waals surface area contributed by atoms with Crippen molar-refractivity contribution in [1.29, 1.82) is 0 Å². The van der Waals surface area contributed by atoms with Crippen LogP contribution >= 0.6 is 0 Å². The SMILES string of the molecule is CC(C)CNCc1cn(C(F)F)c2ccccc12. The van der Waals surface area contributed by atoms with E-state index in [9.17, 15) is 8.78 Å². The van der Waals surface area contributed by atoms with E-state index in [1.54, 1.807) is 18.3 Å². The van der Waals surface area contributed by atoms with E-state index in [1.165, 1.54) is 0 Å². The lowest BCUT2D eigenvalue weighted by Crippen LogP contribution is -2.18. The second-order valence-electron chi connectivity index (χ2n) is 4.88. The van der Waals surface area contributed by atoms with Crippen molar-refractivity contribution in [2.75, 3.05) is 6.54 Å². The predicted molar refractivity (Wildman–Crippen MR) is 69.7 cm³/mol. The molecule has 0 aliphatic carbocycles. The standard InChI is InChI=1S/C14H18F2N2/c1-10(2)7-17-8-11-9-18(14(15)16)13-6-4-3-5-12(11)13/h3-6,9-10,14,17H,7-8H2,1-2H3. The highest BCUT2D eigenvalue weighted by Crippen LogP contribution is 2.25. The summed E-state index contributed by atoms with van der Waals surface area (Å²) in [5.41, 5.74) is 1.51. The summed E-state index contributed by atoms with van der Waals surface area (Å²) >= 11 is 0. The van der Waals surface area contributed by atoms with Crippen LogP contribution in [0.3, 0.4) is 0 Å². The number of alkyl halides is 2. The van der Waals surface area contributed by atoms with Gasteiger partial charge in [0.25, 0.3) is 0 Å². The Balaban J connectivity index is 2.27. The summed E-state index contributed by atoms with van der Waals surface area (Å²) < 4.78 is 26.8. The Kier molecular flexibility index (Phi) is 3.97. The first-order valence-corrected chi connectivity index (χ1v) is 6.17. The summed E-state index contributed by atoms with van der Waals surface area (Å²) in [4.78, 5) is 0. The highest BCUT2D eigenvalue weighted by atomic mass is 19.3. The van der Waals surface area contributed by atoms with Crippen molar-refractivity contribution in [3.63, 3.8) is 0 Å². The average molecular weight is 252 g/mol. The Bertz CT molecular complexity index is 517. The number of hydrogen-bond donors (Lipinski definition) is 1. The van der Waals surface area contributed by atoms with E-state index < -0.39 is 6.55 Å². The number of nitrogens with one attached hydrogen (secondary N) is 1. The average Bonchev–Trinajstić information content (AvgIpc) is 2.68. The predicted octanol–water partition coefficient (Wildman–Crippen LogP) is 3.78. The van der Waals surface area contributed by atoms with Gasteiger partial charge in [-0.1, -0.05) is 32.0 Å². The molecule has 98 valence electrons. The maximum absolute atomic E-state index is 12.9. The van der Waals surface area contributed by atoms with E-state index in [2.05, 4.69) is 19.2 Å². The fourth-order valence-electron chi connectivity index (χ4n) is 2.08. The molecule has 0 amide bonds. The lowest BCUT2D eigenvalue weighted by molar-refractivity contribution is 0.0750. The lowest BCUT2D eigenvalue weighted by Gasteiger charge is -2.06. The van der Waals surface area contributed by atoms with Gasteiger partial charge in [0.05, 0.1) is 5.52 Å². The number of para-hydroxylation sites is 1. The van der Waals surface area contributed by atoms with Crippen LogP contribution in [0.5, 0.6) is 0 Å². The molecule has 4 heteroatoms. The molecule has 18 heavy (non-hydrogen) atoms. The second kappa shape index (κ2) is 5.48. The highest BCUT2D eigenvalue weighted by molar-refractivity contribution is 5.84. The van der Waals surface area contributed by atoms with E-state index in [1.807, 2.05) is 12.1 Å². The molecule has 0 bridgehead atoms. The van der Waals surface area contributed by atoms with Gasteiger partial charge in [0, 0.05) is 18.1 Å². The minimum atomic E-state index is -2.49. The van der Waals surface area contributed by atoms with Gasteiger partial charge in [-0.3, -0.25) is 4.57 Å². The zero-order valence-corrected chi connectivity index (χ0v) is 10.7. The molecule has 0 saturated heterocycles. The van der Waals surface area contributed by atoms with Gasteiger partial charge in [0.2, 0.25) is 0 Å². The molecule has 0 spiro atoms. The summed E-state index contributed by atoms with van der Waals surface area (Å²) in [6, 6.07) is 7.28. The van der Waals surface area contributed by atoms with E-state index in [0.29, 0.717) is 18.0 Å². The fraction of sp³-hybridized carbons (Fsp3) is 0.429. The van der Waals surface area contributed by atoms with Gasteiger partial charge in [0.1, 0.15) is 0 Å². The molecule has 1 heterocycles. The minimum absolute atomic E-state index is 0.549. The van der Waals surface area contributed by atoms with Crippen molar-refractivity contribution in [1.82, 2.24) is 9.88 Å². The molecule has 0 atom stereocenters. The molecule has 0 unspecified atom stereocenters. The quantitative estimate of drug-likeness (QED) is 0.856. The Labute approximate surface area is 106 Å². The number of nitrogens with zero attached hydrogens (tertiary/aromatic N) is 1. The molecular formula is C14H18F2N2. The van der Waals surface area contributed by atoms with Crippen LogP contribution in [0.4, 0.5) is 8.78 Å². The summed E-state index contributed by atoms with van der Waals surface area (Å²) in [5, 5.41) is 4.18. The number of rotatable bonds is 5. The van der Waals surface area contributed by atoms with Crippen molar-refractivity contribution in [3.8, 4) is 0 Å². The maximum atomic E-state index is 12.9. The molecule has 0 aliphatic heterocycles. The molecule has 2 nitrogen and oxygen atoms in total. The normalized spacial score (nSPS) is 11.9. The van der Waals surface area contributed by atoms with Gasteiger partial charge in [0.15, 0.2) is 0 Å². The van der Waals surface area contributed by atoms with Crippen LogP contribution in [0.15, 0.2) is 30.5 Å². The largest absolute Gasteiger partial charge is 0.319 e. The summed E-state index contributed by atoms with van der Waals surface area (Å²) in [5.74, 6) is 0.549. The number of halogens is 2. The van der Waals surface area contributed by atoms with Crippen LogP contribution in [0, 0.1) is 5.92 Å². The maximum Gasteiger partial charge on any atom is 0.319 e. The molecule has 0 radical (unpaired) electrons. The minimum Gasteiger partial charge on any atom is -0.312 e. The molecule has 0 saturated carbocycles. The van der Waals surface area contributed by atoms with Gasteiger partial charge in [-0.05, 0) is 24.1 Å². The van der Waals surface area contributed by atoms with Crippen LogP contribution in [-0.4, -0.2) is 11.1 Å². The van der Waals surface area contributed by atoms with Crippen molar-refractivity contribution >= 4 is 10.9 Å². The van der Waals surface area contributed by atoms with Crippen LogP contribution < -0.4 is 5.32 Å². The molecule has 1 aromatic heterocycles. The van der Waals surface area contributed by atoms with Gasteiger partial charge in [-0.2, -0.15) is 8.78 Å². The summed E-state index contributed by atoms with van der Waals surface area (Å²) in [6.45, 7) is 3.26. The Morgan fingerprint density at radius 3 is 2.61 bits per heavy atom. The number of aromatic nitrogens is 1. The molecule has 2 rings (SSSR count). The lowest BCUT2D eigenvalue weighted by atomic mass is 10.1. The smallest absolute Gasteiger partial charge is 0.312 e. The molecule has 2 aromatic rings. The van der Waals surface area contributed by atoms with Crippen molar-refractivity contribution in [2.24, 2.45) is 5.92 Å². The van der Waals surface area contributed by atoms with Crippen molar-refractivity contribution in [3.05, 3.63) is 36.0 Å². The summed E-state index contributed by atoms with van der Waals surface area (Å²) in [6.07, 6.45) is 1.54. The third-order valence-corrected chi connectivity index (χ3v) is 2.90. The number of hydrogen-bond acceptors (Lipinski definition) is 1. The number of fused-ring (bicyclic) bond motifs is 1. The Morgan fingerprint density at radius 1 is 1.22 bits per heavy atom. The van der Waals surface area contributed by atoms with Gasteiger partial charge in [-0.15, -0.1) is 0 Å². The third-order valence-electron chi connectivity index (χ3n) is 2.90. The number of benzene rings is 1. The zero-order chi connectivity index (χ0) is 13.1. The van der Waals surface area contributed by atoms with Crippen molar-refractivity contribution < 1.29 is 8.78 Å².